The van der Waals surface area contributed by atoms with Crippen LogP contribution < -0.4 is 0 Å². The molecule has 0 amide bonds. The fraction of sp³-hybridized carbons (Fsp3) is 0. The number of rotatable bonds is 0. The summed E-state index contributed by atoms with van der Waals surface area (Å²) in [4.78, 5) is 0. The largest absolute Gasteiger partial charge is 0 e. The maximum absolute atomic E-state index is 7.12. The molecule has 0 saturated heterocycles. The Morgan fingerprint density at radius 2 is 1.50 bits per heavy atom. The topological polar surface area (TPSA) is 22.3 Å². The molecule has 0 radical (unpaired) electrons. The molecule has 4 heteroatoms. The normalized spacial score (nSPS) is 1.50. The fourth-order valence-electron chi connectivity index (χ4n) is 0. The van der Waals surface area contributed by atoms with E-state index in [0.29, 0.717) is 35.7 Å². The van der Waals surface area contributed by atoms with Crippen molar-refractivity contribution in [2.75, 3.05) is 0 Å². The molecule has 0 heterocycles. The third-order valence-electron chi connectivity index (χ3n) is 0. The van der Waals surface area contributed by atoms with Crippen LogP contribution in [0.1, 0.15) is 2.85 Å². The van der Waals surface area contributed by atoms with Crippen molar-refractivity contribution in [2.24, 2.45) is 0 Å². The van der Waals surface area contributed by atoms with E-state index in [9.17, 15) is 0 Å². The molecule has 1 nitrogen and oxygen atoms in total. The van der Waals surface area contributed by atoms with E-state index < -0.39 is 0 Å². The molecule has 0 saturated carbocycles. The fourth-order valence-corrected chi connectivity index (χ4v) is 0. The van der Waals surface area contributed by atoms with Gasteiger partial charge in [0.1, 0.15) is 0 Å². The van der Waals surface area contributed by atoms with Gasteiger partial charge in [0.15, 0.2) is 0 Å². The van der Waals surface area contributed by atoms with Gasteiger partial charge in [-0.2, -0.15) is 0 Å². The van der Waals surface area contributed by atoms with Gasteiger partial charge in [-0.15, -0.1) is 0 Å². The Hall–Kier alpha value is 3.37. The van der Waals surface area contributed by atoms with Gasteiger partial charge >= 0.3 is 75.2 Å². The first kappa shape index (κ1) is 15.7. The van der Waals surface area contributed by atoms with Crippen LogP contribution in [0, 0.1) is 31.1 Å². The molecule has 0 bridgehead atoms. The minimum absolute atomic E-state index is 0. The van der Waals surface area contributed by atoms with Gasteiger partial charge < -0.3 is 2.85 Å². The van der Waals surface area contributed by atoms with Gasteiger partial charge in [0.25, 0.3) is 0 Å². The second kappa shape index (κ2) is 16.2. The van der Waals surface area contributed by atoms with Crippen molar-refractivity contribution in [1.82, 2.24) is 0 Å². The van der Waals surface area contributed by atoms with E-state index in [1.54, 1.807) is 0 Å². The molecule has 0 aromatic carbocycles. The summed E-state index contributed by atoms with van der Waals surface area (Å²) in [5, 5.41) is 0. The van der Waals surface area contributed by atoms with Crippen LogP contribution in [0.3, 0.4) is 0 Å². The van der Waals surface area contributed by atoms with Gasteiger partial charge in [-0.3, -0.25) is 0 Å². The van der Waals surface area contributed by atoms with Gasteiger partial charge in [0.05, 0.1) is 0 Å². The molecule has 0 aromatic rings. The zero-order valence-corrected chi connectivity index (χ0v) is 10.9. The molecule has 0 fully saturated rings. The molecule has 0 spiro atoms. The standard InChI is InChI=1S/2Ca.N.U.2H/q;+2;-1;;2*-1. The smallest absolute Gasteiger partial charge is 0 e. The first-order valence-electron chi connectivity index (χ1n) is 0.316. The molecule has 0 aliphatic heterocycles. The summed E-state index contributed by atoms with van der Waals surface area (Å²) in [6.07, 6.45) is 0. The maximum Gasteiger partial charge on any atom is 0 e. The van der Waals surface area contributed by atoms with Gasteiger partial charge in [0, 0.05) is 31.1 Å². The zero-order valence-electron chi connectivity index (χ0n) is 4.36. The van der Waals surface area contributed by atoms with E-state index >= 15 is 0 Å². The van der Waals surface area contributed by atoms with Gasteiger partial charge in [-0.25, -0.2) is 0 Å². The van der Waals surface area contributed by atoms with Crippen molar-refractivity contribution in [3.8, 4) is 0 Å². The van der Waals surface area contributed by atoms with Crippen LogP contribution in [-0.4, -0.2) is 73.4 Å². The van der Waals surface area contributed by atoms with Crippen molar-refractivity contribution in [1.29, 1.82) is 0 Å². The predicted molar refractivity (Wildman–Crippen MR) is 17.1 cm³/mol. The first-order valence-corrected chi connectivity index (χ1v) is 1.30. The molecule has 0 atom stereocenters. The second-order valence-electron chi connectivity index (χ2n) is 0. The summed E-state index contributed by atoms with van der Waals surface area (Å²) in [7, 11) is 0. The van der Waals surface area contributed by atoms with Crippen LogP contribution >= 0.6 is 0 Å². The minimum Gasteiger partial charge on any atom is 0 e. The third-order valence-corrected chi connectivity index (χ3v) is 0. The zero-order chi connectivity index (χ0) is 2.00. The molecule has 0 N–H and O–H groups in total. The van der Waals surface area contributed by atoms with E-state index in [0.717, 1.165) is 0 Å². The van der Waals surface area contributed by atoms with Crippen molar-refractivity contribution in [3.63, 3.8) is 0 Å². The predicted octanol–water partition coefficient (Wildman–Crippen LogP) is -0.248. The van der Waals surface area contributed by atoms with Crippen LogP contribution in [0.15, 0.2) is 0 Å². The molecule has 0 rings (SSSR count). The summed E-state index contributed by atoms with van der Waals surface area (Å²) >= 11 is 0.375. The SMILES string of the molecule is [Ca+2].[H-].[H-].[N-]=[Ca].[U]. The Balaban J connectivity index is -0.000000000833. The van der Waals surface area contributed by atoms with Crippen LogP contribution in [-0.2, 0) is 0 Å². The van der Waals surface area contributed by atoms with E-state index in [4.69, 9.17) is 1.82 Å². The minimum atomic E-state index is 0. The van der Waals surface area contributed by atoms with Gasteiger partial charge in [-0.1, -0.05) is 0 Å². The van der Waals surface area contributed by atoms with Crippen LogP contribution in [0.2, 0.25) is 0 Å². The summed E-state index contributed by atoms with van der Waals surface area (Å²) in [6, 6.07) is 0. The van der Waals surface area contributed by atoms with Crippen molar-refractivity contribution in [2.45, 2.75) is 0 Å². The van der Waals surface area contributed by atoms with E-state index in [1.165, 1.54) is 0 Å². The molecule has 0 aromatic heterocycles. The summed E-state index contributed by atoms with van der Waals surface area (Å²) in [5.41, 5.74) is 0. The maximum atomic E-state index is 7.12. The average Bonchev–Trinajstić information content (AvgIpc) is 1.00. The monoisotopic (exact) mass is 334 g/mol. The quantitative estimate of drug-likeness (QED) is 0.546. The van der Waals surface area contributed by atoms with Crippen molar-refractivity contribution < 1.29 is 34.0 Å². The van der Waals surface area contributed by atoms with Crippen LogP contribution in [0.4, 0.5) is 0 Å². The Morgan fingerprint density at radius 1 is 1.50 bits per heavy atom. The molecule has 0 aliphatic carbocycles. The average molecular weight is 334 g/mol. The molecule has 4 heavy (non-hydrogen) atoms. The number of hydrogen-bond acceptors (Lipinski definition) is 0. The summed E-state index contributed by atoms with van der Waals surface area (Å²) < 4.78 is 7.12. The van der Waals surface area contributed by atoms with Gasteiger partial charge in [0.2, 0.25) is 0 Å². The molecule has 0 unspecified atom stereocenters. The van der Waals surface area contributed by atoms with E-state index in [2.05, 4.69) is 0 Å². The third kappa shape index (κ3) is 9.03. The Bertz CT molecular complexity index is 11.5. The number of hydrogen-bond donors (Lipinski definition) is 0. The van der Waals surface area contributed by atoms with Crippen molar-refractivity contribution >= 4 is 73.4 Å². The molecular formula is H2Ca2NU-. The van der Waals surface area contributed by atoms with Crippen LogP contribution in [0.5, 0.6) is 0 Å². The van der Waals surface area contributed by atoms with E-state index in [-0.39, 0.29) is 71.7 Å². The van der Waals surface area contributed by atoms with Gasteiger partial charge in [-0.05, 0) is 0 Å². The first-order chi connectivity index (χ1) is 1.00. The summed E-state index contributed by atoms with van der Waals surface area (Å²) in [5.74, 6) is 0. The molecule has 16 valence electrons. The summed E-state index contributed by atoms with van der Waals surface area (Å²) in [6.45, 7) is 0. The Morgan fingerprint density at radius 3 is 1.50 bits per heavy atom. The second-order valence-corrected chi connectivity index (χ2v) is 0. The number of nitrogens with zero attached hydrogens (tertiary/aromatic N) is 1. The Kier molecular flexibility index (Phi) is 63.3. The molecule has 0 aliphatic rings. The molecular weight excluding hydrogens is 332 g/mol. The van der Waals surface area contributed by atoms with E-state index in [1.807, 2.05) is 0 Å². The van der Waals surface area contributed by atoms with Crippen molar-refractivity contribution in [3.05, 3.63) is 1.82 Å². The Labute approximate surface area is 106 Å². The van der Waals surface area contributed by atoms with Crippen LogP contribution in [0.25, 0.3) is 1.82 Å².